The lowest BCUT2D eigenvalue weighted by molar-refractivity contribution is 0.0699. The Balaban J connectivity index is 2.54. The first-order valence-corrected chi connectivity index (χ1v) is 5.61. The Morgan fingerprint density at radius 2 is 2.28 bits per heavy atom. The van der Waals surface area contributed by atoms with E-state index in [2.05, 4.69) is 15.5 Å². The van der Waals surface area contributed by atoms with Crippen LogP contribution in [0.4, 0.5) is 0 Å². The van der Waals surface area contributed by atoms with Crippen molar-refractivity contribution in [2.45, 2.75) is 6.92 Å². The average molecular weight is 243 g/mol. The molecule has 0 aliphatic carbocycles. The molecule has 0 saturated carbocycles. The summed E-state index contributed by atoms with van der Waals surface area (Å²) in [6, 6.07) is 8.67. The van der Waals surface area contributed by atoms with Gasteiger partial charge in [0.05, 0.1) is 23.0 Å². The van der Waals surface area contributed by atoms with Crippen LogP contribution < -0.4 is 5.43 Å². The number of carboxylic acids is 1. The third-order valence-electron chi connectivity index (χ3n) is 2.41. The molecule has 0 atom stereocenters. The molecule has 0 aliphatic heterocycles. The molecule has 0 radical (unpaired) electrons. The number of para-hydroxylation sites is 1. The summed E-state index contributed by atoms with van der Waals surface area (Å²) < 4.78 is 0. The van der Waals surface area contributed by atoms with Crippen LogP contribution in [-0.2, 0) is 0 Å². The highest BCUT2D eigenvalue weighted by atomic mass is 16.4. The first-order chi connectivity index (χ1) is 8.72. The number of hydrogen-bond donors (Lipinski definition) is 2. The summed E-state index contributed by atoms with van der Waals surface area (Å²) in [6.45, 7) is 2.63. The van der Waals surface area contributed by atoms with E-state index in [1.54, 1.807) is 18.2 Å². The van der Waals surface area contributed by atoms with E-state index in [1.807, 2.05) is 13.0 Å². The van der Waals surface area contributed by atoms with Crippen molar-refractivity contribution in [2.75, 3.05) is 6.54 Å². The van der Waals surface area contributed by atoms with Crippen molar-refractivity contribution in [3.8, 4) is 0 Å². The fourth-order valence-electron chi connectivity index (χ4n) is 1.64. The minimum absolute atomic E-state index is 0.235. The van der Waals surface area contributed by atoms with Crippen LogP contribution in [0, 0.1) is 0 Å². The van der Waals surface area contributed by atoms with Gasteiger partial charge < -0.3 is 10.5 Å². The first-order valence-electron chi connectivity index (χ1n) is 5.61. The van der Waals surface area contributed by atoms with Gasteiger partial charge in [-0.05, 0) is 19.1 Å². The van der Waals surface area contributed by atoms with E-state index in [1.165, 1.54) is 12.3 Å². The molecule has 2 rings (SSSR count). The predicted octanol–water partition coefficient (Wildman–Crippen LogP) is 1.88. The van der Waals surface area contributed by atoms with Gasteiger partial charge in [-0.3, -0.25) is 0 Å². The van der Waals surface area contributed by atoms with E-state index in [0.29, 0.717) is 23.1 Å². The van der Waals surface area contributed by atoms with E-state index < -0.39 is 5.97 Å². The number of fused-ring (bicyclic) bond motifs is 1. The van der Waals surface area contributed by atoms with Gasteiger partial charge in [0.1, 0.15) is 0 Å². The van der Waals surface area contributed by atoms with Gasteiger partial charge in [-0.15, -0.1) is 0 Å². The van der Waals surface area contributed by atoms with Crippen LogP contribution in [0.15, 0.2) is 35.4 Å². The smallest absolute Gasteiger partial charge is 0.336 e. The summed E-state index contributed by atoms with van der Waals surface area (Å²) in [5.41, 5.74) is 4.18. The summed E-state index contributed by atoms with van der Waals surface area (Å²) in [6.07, 6.45) is 1.52. The van der Waals surface area contributed by atoms with Crippen LogP contribution in [0.5, 0.6) is 0 Å². The number of hydrazone groups is 1. The Kier molecular flexibility index (Phi) is 3.52. The molecule has 0 aliphatic rings. The van der Waals surface area contributed by atoms with E-state index in [9.17, 15) is 9.90 Å². The van der Waals surface area contributed by atoms with E-state index in [0.717, 1.165) is 0 Å². The van der Waals surface area contributed by atoms with Gasteiger partial charge >= 0.3 is 5.97 Å². The standard InChI is InChI=1S/C13H13N3O2/c1-2-14-15-8-9-7-11(13(17)18)10-5-3-4-6-12(10)16-9/h3-8,14H,2H2,1H3,(H,17,18)/b15-8+. The van der Waals surface area contributed by atoms with Crippen molar-refractivity contribution in [3.63, 3.8) is 0 Å². The molecule has 1 heterocycles. The van der Waals surface area contributed by atoms with Gasteiger partial charge in [0.25, 0.3) is 0 Å². The van der Waals surface area contributed by atoms with Crippen molar-refractivity contribution in [1.82, 2.24) is 10.4 Å². The number of rotatable bonds is 4. The van der Waals surface area contributed by atoms with Gasteiger partial charge in [-0.25, -0.2) is 9.78 Å². The monoisotopic (exact) mass is 243 g/mol. The van der Waals surface area contributed by atoms with E-state index in [4.69, 9.17) is 0 Å². The molecule has 1 aromatic carbocycles. The lowest BCUT2D eigenvalue weighted by Crippen LogP contribution is -2.05. The first kappa shape index (κ1) is 12.0. The zero-order valence-electron chi connectivity index (χ0n) is 9.92. The highest BCUT2D eigenvalue weighted by molar-refractivity contribution is 6.04. The van der Waals surface area contributed by atoms with Crippen LogP contribution >= 0.6 is 0 Å². The SMILES string of the molecule is CCN/N=C/c1cc(C(=O)O)c2ccccc2n1. The van der Waals surface area contributed by atoms with Crippen LogP contribution in [0.3, 0.4) is 0 Å². The Labute approximate surface area is 104 Å². The van der Waals surface area contributed by atoms with Gasteiger partial charge in [0.15, 0.2) is 0 Å². The Morgan fingerprint density at radius 1 is 1.50 bits per heavy atom. The van der Waals surface area contributed by atoms with E-state index >= 15 is 0 Å². The number of carboxylic acid groups (broad SMARTS) is 1. The van der Waals surface area contributed by atoms with Crippen molar-refractivity contribution >= 4 is 23.1 Å². The summed E-state index contributed by atoms with van der Waals surface area (Å²) >= 11 is 0. The van der Waals surface area contributed by atoms with Crippen molar-refractivity contribution in [1.29, 1.82) is 0 Å². The van der Waals surface area contributed by atoms with Gasteiger partial charge in [0, 0.05) is 11.9 Å². The Bertz CT molecular complexity index is 608. The topological polar surface area (TPSA) is 74.6 Å². The van der Waals surface area contributed by atoms with Crippen molar-refractivity contribution in [3.05, 3.63) is 41.6 Å². The number of benzene rings is 1. The second kappa shape index (κ2) is 5.27. The molecule has 92 valence electrons. The van der Waals surface area contributed by atoms with Crippen molar-refractivity contribution in [2.24, 2.45) is 5.10 Å². The van der Waals surface area contributed by atoms with Crippen LogP contribution in [0.1, 0.15) is 23.0 Å². The number of nitrogens with zero attached hydrogens (tertiary/aromatic N) is 2. The number of carbonyl (C=O) groups is 1. The molecule has 0 spiro atoms. The Hall–Kier alpha value is -2.43. The Morgan fingerprint density at radius 3 is 3.00 bits per heavy atom. The van der Waals surface area contributed by atoms with Gasteiger partial charge in [-0.1, -0.05) is 18.2 Å². The molecule has 2 aromatic rings. The highest BCUT2D eigenvalue weighted by Crippen LogP contribution is 2.17. The molecule has 0 saturated heterocycles. The molecular formula is C13H13N3O2. The second-order valence-corrected chi connectivity index (χ2v) is 3.69. The number of aromatic nitrogens is 1. The summed E-state index contributed by atoms with van der Waals surface area (Å²) in [5, 5.41) is 13.8. The fraction of sp³-hybridized carbons (Fsp3) is 0.154. The maximum absolute atomic E-state index is 11.2. The third-order valence-corrected chi connectivity index (χ3v) is 2.41. The van der Waals surface area contributed by atoms with Crippen LogP contribution in [-0.4, -0.2) is 28.8 Å². The minimum atomic E-state index is -0.966. The number of pyridine rings is 1. The quantitative estimate of drug-likeness (QED) is 0.635. The molecule has 1 aromatic heterocycles. The molecule has 2 N–H and O–H groups in total. The molecule has 5 heteroatoms. The largest absolute Gasteiger partial charge is 0.478 e. The molecule has 0 unspecified atom stereocenters. The van der Waals surface area contributed by atoms with Gasteiger partial charge in [-0.2, -0.15) is 5.10 Å². The minimum Gasteiger partial charge on any atom is -0.478 e. The number of hydrogen-bond acceptors (Lipinski definition) is 4. The average Bonchev–Trinajstić information content (AvgIpc) is 2.38. The molecule has 18 heavy (non-hydrogen) atoms. The maximum atomic E-state index is 11.2. The normalized spacial score (nSPS) is 10.9. The second-order valence-electron chi connectivity index (χ2n) is 3.69. The molecule has 0 bridgehead atoms. The molecule has 5 nitrogen and oxygen atoms in total. The highest BCUT2D eigenvalue weighted by Gasteiger charge is 2.10. The predicted molar refractivity (Wildman–Crippen MR) is 70.0 cm³/mol. The molecule has 0 fully saturated rings. The summed E-state index contributed by atoms with van der Waals surface area (Å²) in [7, 11) is 0. The lowest BCUT2D eigenvalue weighted by Gasteiger charge is -2.03. The summed E-state index contributed by atoms with van der Waals surface area (Å²) in [4.78, 5) is 15.5. The number of nitrogens with one attached hydrogen (secondary N) is 1. The molecule has 0 amide bonds. The zero-order valence-corrected chi connectivity index (χ0v) is 9.92. The third kappa shape index (κ3) is 2.45. The maximum Gasteiger partial charge on any atom is 0.336 e. The lowest BCUT2D eigenvalue weighted by atomic mass is 10.1. The number of aromatic carboxylic acids is 1. The molecular weight excluding hydrogens is 230 g/mol. The van der Waals surface area contributed by atoms with Crippen LogP contribution in [0.2, 0.25) is 0 Å². The fourth-order valence-corrected chi connectivity index (χ4v) is 1.64. The van der Waals surface area contributed by atoms with Gasteiger partial charge in [0.2, 0.25) is 0 Å². The van der Waals surface area contributed by atoms with Crippen molar-refractivity contribution < 1.29 is 9.90 Å². The summed E-state index contributed by atoms with van der Waals surface area (Å²) in [5.74, 6) is -0.966. The van der Waals surface area contributed by atoms with Crippen LogP contribution in [0.25, 0.3) is 10.9 Å². The van der Waals surface area contributed by atoms with E-state index in [-0.39, 0.29) is 5.56 Å². The zero-order chi connectivity index (χ0) is 13.0.